The molecule has 0 spiro atoms. The zero-order valence-corrected chi connectivity index (χ0v) is 8.95. The van der Waals surface area contributed by atoms with Crippen LogP contribution in [0.25, 0.3) is 0 Å². The van der Waals surface area contributed by atoms with Crippen LogP contribution in [-0.2, 0) is 0 Å². The van der Waals surface area contributed by atoms with Crippen LogP contribution < -0.4 is 11.1 Å². The minimum Gasteiger partial charge on any atom is -0.507 e. The van der Waals surface area contributed by atoms with Crippen LogP contribution in [0.4, 0.5) is 5.69 Å². The van der Waals surface area contributed by atoms with E-state index in [-0.39, 0.29) is 17.2 Å². The molecule has 1 aromatic rings. The molecule has 4 heteroatoms. The van der Waals surface area contributed by atoms with E-state index < -0.39 is 0 Å². The van der Waals surface area contributed by atoms with Gasteiger partial charge in [-0.05, 0) is 18.1 Å². The van der Waals surface area contributed by atoms with E-state index in [1.165, 1.54) is 12.1 Å². The lowest BCUT2D eigenvalue weighted by Crippen LogP contribution is -2.27. The average molecular weight is 208 g/mol. The number of anilines is 1. The van der Waals surface area contributed by atoms with Gasteiger partial charge in [0, 0.05) is 18.3 Å². The molecule has 0 saturated heterocycles. The Balaban J connectivity index is 2.74. The molecular formula is C11H16N2O2. The minimum absolute atomic E-state index is 0.0868. The van der Waals surface area contributed by atoms with E-state index in [4.69, 9.17) is 5.73 Å². The number of nitrogens with one attached hydrogen (secondary N) is 1. The molecule has 4 N–H and O–H groups in total. The van der Waals surface area contributed by atoms with Gasteiger partial charge in [0.1, 0.15) is 5.75 Å². The molecule has 0 aromatic heterocycles. The van der Waals surface area contributed by atoms with E-state index >= 15 is 0 Å². The topological polar surface area (TPSA) is 75.4 Å². The van der Waals surface area contributed by atoms with Gasteiger partial charge in [0.2, 0.25) is 0 Å². The largest absolute Gasteiger partial charge is 0.507 e. The molecule has 0 saturated carbocycles. The summed E-state index contributed by atoms with van der Waals surface area (Å²) in [4.78, 5) is 11.6. The van der Waals surface area contributed by atoms with Gasteiger partial charge in [0.15, 0.2) is 0 Å². The second kappa shape index (κ2) is 4.68. The molecule has 0 aliphatic heterocycles. The predicted octanol–water partition coefficient (Wildman–Crippen LogP) is 1.36. The highest BCUT2D eigenvalue weighted by Gasteiger charge is 2.10. The van der Waals surface area contributed by atoms with Gasteiger partial charge in [0.05, 0.1) is 5.56 Å². The number of phenols is 1. The first-order valence-electron chi connectivity index (χ1n) is 4.87. The molecule has 4 nitrogen and oxygen atoms in total. The number of hydrogen-bond donors (Lipinski definition) is 3. The Bertz CT molecular complexity index is 362. The quantitative estimate of drug-likeness (QED) is 0.656. The van der Waals surface area contributed by atoms with E-state index in [1.54, 1.807) is 6.07 Å². The number of hydrogen-bond acceptors (Lipinski definition) is 3. The summed E-state index contributed by atoms with van der Waals surface area (Å²) in [6.45, 7) is 4.59. The summed E-state index contributed by atoms with van der Waals surface area (Å²) in [6.07, 6.45) is 0. The molecule has 1 aromatic carbocycles. The van der Waals surface area contributed by atoms with E-state index in [9.17, 15) is 9.90 Å². The molecule has 0 atom stereocenters. The third-order valence-electron chi connectivity index (χ3n) is 1.94. The SMILES string of the molecule is CC(C)CNC(=O)c1ccc(N)cc1O. The third-order valence-corrected chi connectivity index (χ3v) is 1.94. The maximum Gasteiger partial charge on any atom is 0.255 e. The highest BCUT2D eigenvalue weighted by molar-refractivity contribution is 5.97. The second-order valence-corrected chi connectivity index (χ2v) is 3.88. The summed E-state index contributed by atoms with van der Waals surface area (Å²) < 4.78 is 0. The molecule has 0 radical (unpaired) electrons. The lowest BCUT2D eigenvalue weighted by atomic mass is 10.1. The van der Waals surface area contributed by atoms with E-state index in [1.807, 2.05) is 13.8 Å². The fourth-order valence-corrected chi connectivity index (χ4v) is 1.13. The Labute approximate surface area is 89.1 Å². The van der Waals surface area contributed by atoms with Crippen LogP contribution in [0.15, 0.2) is 18.2 Å². The first-order chi connectivity index (χ1) is 7.00. The van der Waals surface area contributed by atoms with Crippen LogP contribution in [0.2, 0.25) is 0 Å². The number of rotatable bonds is 3. The molecule has 0 aliphatic carbocycles. The van der Waals surface area contributed by atoms with Crippen molar-refractivity contribution in [2.75, 3.05) is 12.3 Å². The van der Waals surface area contributed by atoms with Crippen molar-refractivity contribution < 1.29 is 9.90 Å². The Kier molecular flexibility index (Phi) is 3.55. The summed E-state index contributed by atoms with van der Waals surface area (Å²) in [5.41, 5.74) is 6.15. The van der Waals surface area contributed by atoms with Crippen LogP contribution in [0.1, 0.15) is 24.2 Å². The van der Waals surface area contributed by atoms with Crippen molar-refractivity contribution in [3.63, 3.8) is 0 Å². The van der Waals surface area contributed by atoms with Gasteiger partial charge in [-0.15, -0.1) is 0 Å². The number of carbonyl (C=O) groups excluding carboxylic acids is 1. The summed E-state index contributed by atoms with van der Waals surface area (Å²) in [6, 6.07) is 4.47. The molecule has 0 bridgehead atoms. The maximum absolute atomic E-state index is 11.6. The van der Waals surface area contributed by atoms with Crippen LogP contribution >= 0.6 is 0 Å². The second-order valence-electron chi connectivity index (χ2n) is 3.88. The molecular weight excluding hydrogens is 192 g/mol. The number of phenolic OH excluding ortho intramolecular Hbond substituents is 1. The highest BCUT2D eigenvalue weighted by atomic mass is 16.3. The number of carbonyl (C=O) groups is 1. The summed E-state index contributed by atoms with van der Waals surface area (Å²) in [7, 11) is 0. The van der Waals surface area contributed by atoms with Crippen molar-refractivity contribution in [3.05, 3.63) is 23.8 Å². The first-order valence-corrected chi connectivity index (χ1v) is 4.87. The lowest BCUT2D eigenvalue weighted by Gasteiger charge is -2.08. The van der Waals surface area contributed by atoms with E-state index in [0.29, 0.717) is 18.2 Å². The monoisotopic (exact) mass is 208 g/mol. The van der Waals surface area contributed by atoms with Gasteiger partial charge in [-0.3, -0.25) is 4.79 Å². The number of benzene rings is 1. The van der Waals surface area contributed by atoms with Gasteiger partial charge in [-0.25, -0.2) is 0 Å². The fourth-order valence-electron chi connectivity index (χ4n) is 1.13. The first kappa shape index (κ1) is 11.4. The number of aromatic hydroxyl groups is 1. The molecule has 0 heterocycles. The zero-order chi connectivity index (χ0) is 11.4. The van der Waals surface area contributed by atoms with Gasteiger partial charge in [-0.2, -0.15) is 0 Å². The molecule has 1 rings (SSSR count). The van der Waals surface area contributed by atoms with Crippen molar-refractivity contribution >= 4 is 11.6 Å². The average Bonchev–Trinajstić information content (AvgIpc) is 2.14. The molecule has 0 aliphatic rings. The Morgan fingerprint density at radius 3 is 2.73 bits per heavy atom. The minimum atomic E-state index is -0.277. The van der Waals surface area contributed by atoms with Crippen molar-refractivity contribution in [2.24, 2.45) is 5.92 Å². The van der Waals surface area contributed by atoms with Crippen LogP contribution in [0.3, 0.4) is 0 Å². The van der Waals surface area contributed by atoms with E-state index in [0.717, 1.165) is 0 Å². The maximum atomic E-state index is 11.6. The normalized spacial score (nSPS) is 10.3. The summed E-state index contributed by atoms with van der Waals surface area (Å²) in [5, 5.41) is 12.2. The molecule has 15 heavy (non-hydrogen) atoms. The summed E-state index contributed by atoms with van der Waals surface area (Å²) in [5.74, 6) is 0.0160. The predicted molar refractivity (Wildman–Crippen MR) is 59.7 cm³/mol. The number of amides is 1. The van der Waals surface area contributed by atoms with Crippen molar-refractivity contribution in [2.45, 2.75) is 13.8 Å². The Morgan fingerprint density at radius 2 is 2.20 bits per heavy atom. The van der Waals surface area contributed by atoms with Crippen LogP contribution in [0, 0.1) is 5.92 Å². The smallest absolute Gasteiger partial charge is 0.255 e. The molecule has 82 valence electrons. The van der Waals surface area contributed by atoms with Crippen LogP contribution in [0.5, 0.6) is 5.75 Å². The third kappa shape index (κ3) is 3.16. The molecule has 0 unspecified atom stereocenters. The van der Waals surface area contributed by atoms with Crippen molar-refractivity contribution in [1.29, 1.82) is 0 Å². The van der Waals surface area contributed by atoms with Crippen molar-refractivity contribution in [1.82, 2.24) is 5.32 Å². The number of nitrogen functional groups attached to an aromatic ring is 1. The lowest BCUT2D eigenvalue weighted by molar-refractivity contribution is 0.0946. The van der Waals surface area contributed by atoms with Crippen molar-refractivity contribution in [3.8, 4) is 5.75 Å². The zero-order valence-electron chi connectivity index (χ0n) is 8.95. The Hall–Kier alpha value is -1.71. The van der Waals surface area contributed by atoms with Gasteiger partial charge < -0.3 is 16.2 Å². The molecule has 0 fully saturated rings. The Morgan fingerprint density at radius 1 is 1.53 bits per heavy atom. The van der Waals surface area contributed by atoms with Gasteiger partial charge >= 0.3 is 0 Å². The fraction of sp³-hybridized carbons (Fsp3) is 0.364. The summed E-state index contributed by atoms with van der Waals surface area (Å²) >= 11 is 0. The van der Waals surface area contributed by atoms with E-state index in [2.05, 4.69) is 5.32 Å². The van der Waals surface area contributed by atoms with Gasteiger partial charge in [0.25, 0.3) is 5.91 Å². The number of nitrogens with two attached hydrogens (primary N) is 1. The molecule has 1 amide bonds. The highest BCUT2D eigenvalue weighted by Crippen LogP contribution is 2.19. The van der Waals surface area contributed by atoms with Crippen LogP contribution in [-0.4, -0.2) is 17.6 Å². The van der Waals surface area contributed by atoms with Gasteiger partial charge in [-0.1, -0.05) is 13.8 Å². The standard InChI is InChI=1S/C11H16N2O2/c1-7(2)6-13-11(15)9-4-3-8(12)5-10(9)14/h3-5,7,14H,6,12H2,1-2H3,(H,13,15).